The van der Waals surface area contributed by atoms with Crippen LogP contribution >= 0.6 is 0 Å². The lowest BCUT2D eigenvalue weighted by molar-refractivity contribution is -0.133. The van der Waals surface area contributed by atoms with Crippen molar-refractivity contribution in [2.75, 3.05) is 7.11 Å². The molecule has 0 unspecified atom stereocenters. The molecule has 23 heavy (non-hydrogen) atoms. The highest BCUT2D eigenvalue weighted by Gasteiger charge is 2.33. The summed E-state index contributed by atoms with van der Waals surface area (Å²) >= 11 is 0. The number of para-hydroxylation sites is 2. The fourth-order valence-corrected chi connectivity index (χ4v) is 2.33. The molecule has 6 nitrogen and oxygen atoms in total. The van der Waals surface area contributed by atoms with Crippen molar-refractivity contribution in [1.29, 1.82) is 0 Å². The second-order valence-electron chi connectivity index (χ2n) is 5.23. The number of nitrogens with one attached hydrogen (secondary N) is 1. The van der Waals surface area contributed by atoms with Crippen LogP contribution in [0.25, 0.3) is 0 Å². The van der Waals surface area contributed by atoms with E-state index in [1.54, 1.807) is 25.4 Å². The van der Waals surface area contributed by atoms with Crippen LogP contribution in [0.15, 0.2) is 42.6 Å². The number of carbonyl (C=O) groups is 1. The number of fused-ring (bicyclic) bond motifs is 1. The first kappa shape index (κ1) is 15.1. The van der Waals surface area contributed by atoms with E-state index >= 15 is 0 Å². The Morgan fingerprint density at radius 2 is 1.96 bits per heavy atom. The molecule has 1 amide bonds. The molecule has 0 aliphatic carbocycles. The number of aromatic nitrogens is 1. The number of hydrogen-bond acceptors (Lipinski definition) is 5. The van der Waals surface area contributed by atoms with Gasteiger partial charge in [0, 0.05) is 18.8 Å². The maximum atomic E-state index is 12.4. The molecule has 1 aromatic heterocycles. The summed E-state index contributed by atoms with van der Waals surface area (Å²) < 4.78 is 16.5. The summed E-state index contributed by atoms with van der Waals surface area (Å²) in [6.45, 7) is 2.18. The van der Waals surface area contributed by atoms with Gasteiger partial charge >= 0.3 is 0 Å². The van der Waals surface area contributed by atoms with Crippen LogP contribution in [0.3, 0.4) is 0 Å². The Bertz CT molecular complexity index is 687. The van der Waals surface area contributed by atoms with Gasteiger partial charge in [-0.1, -0.05) is 18.2 Å². The third-order valence-corrected chi connectivity index (χ3v) is 3.57. The number of methoxy groups -OCH3 is 1. The molecular formula is C17H18N2O4. The summed E-state index contributed by atoms with van der Waals surface area (Å²) in [5.74, 6) is 1.55. The molecule has 0 bridgehead atoms. The van der Waals surface area contributed by atoms with Gasteiger partial charge in [-0.05, 0) is 24.6 Å². The quantitative estimate of drug-likeness (QED) is 0.934. The number of carbonyl (C=O) groups excluding carboxylic acids is 1. The Kier molecular flexibility index (Phi) is 4.32. The Morgan fingerprint density at radius 1 is 1.22 bits per heavy atom. The summed E-state index contributed by atoms with van der Waals surface area (Å²) in [5.41, 5.74) is 0.879. The Labute approximate surface area is 134 Å². The van der Waals surface area contributed by atoms with Gasteiger partial charge in [-0.15, -0.1) is 0 Å². The minimum atomic E-state index is -0.684. The van der Waals surface area contributed by atoms with Gasteiger partial charge in [0.05, 0.1) is 7.11 Å². The van der Waals surface area contributed by atoms with Crippen molar-refractivity contribution >= 4 is 5.91 Å². The second-order valence-corrected chi connectivity index (χ2v) is 5.23. The van der Waals surface area contributed by atoms with E-state index in [2.05, 4.69) is 10.3 Å². The van der Waals surface area contributed by atoms with Crippen molar-refractivity contribution in [3.63, 3.8) is 0 Å². The molecule has 120 valence electrons. The number of nitrogens with zero attached hydrogens (tertiary/aromatic N) is 1. The molecule has 3 rings (SSSR count). The molecule has 0 radical (unpaired) electrons. The van der Waals surface area contributed by atoms with Crippen LogP contribution in [-0.2, 0) is 11.3 Å². The van der Waals surface area contributed by atoms with Crippen molar-refractivity contribution in [2.45, 2.75) is 25.7 Å². The Balaban J connectivity index is 1.61. The molecule has 6 heteroatoms. The van der Waals surface area contributed by atoms with E-state index in [-0.39, 0.29) is 12.0 Å². The van der Waals surface area contributed by atoms with Crippen LogP contribution in [0.4, 0.5) is 0 Å². The highest BCUT2D eigenvalue weighted by atomic mass is 16.6. The fourth-order valence-electron chi connectivity index (χ4n) is 2.33. The zero-order valence-corrected chi connectivity index (χ0v) is 13.0. The average molecular weight is 314 g/mol. The number of ether oxygens (including phenoxy) is 3. The standard InChI is InChI=1S/C17H18N2O4/c1-11-16(23-14-6-4-3-5-13(14)22-11)17(20)19-10-12-7-8-15(21-2)18-9-12/h3-9,11,16H,10H2,1-2H3,(H,19,20)/t11-,16+/m0/s1. The van der Waals surface area contributed by atoms with Gasteiger partial charge < -0.3 is 19.5 Å². The van der Waals surface area contributed by atoms with Crippen LogP contribution in [0, 0.1) is 0 Å². The van der Waals surface area contributed by atoms with E-state index in [4.69, 9.17) is 14.2 Å². The first-order chi connectivity index (χ1) is 11.2. The summed E-state index contributed by atoms with van der Waals surface area (Å²) in [4.78, 5) is 16.5. The predicted octanol–water partition coefficient (Wildman–Crippen LogP) is 1.93. The van der Waals surface area contributed by atoms with Gasteiger partial charge in [-0.3, -0.25) is 4.79 Å². The lowest BCUT2D eigenvalue weighted by Gasteiger charge is -2.31. The number of pyridine rings is 1. The summed E-state index contributed by atoms with van der Waals surface area (Å²) in [6.07, 6.45) is 0.616. The lowest BCUT2D eigenvalue weighted by Crippen LogP contribution is -2.48. The maximum absolute atomic E-state index is 12.4. The largest absolute Gasteiger partial charge is 0.482 e. The third kappa shape index (κ3) is 3.36. The zero-order valence-electron chi connectivity index (χ0n) is 13.0. The molecule has 0 spiro atoms. The SMILES string of the molecule is COc1ccc(CNC(=O)[C@@H]2Oc3ccccc3O[C@H]2C)cn1. The van der Waals surface area contributed by atoms with Crippen molar-refractivity contribution in [2.24, 2.45) is 0 Å². The summed E-state index contributed by atoms with van der Waals surface area (Å²) in [7, 11) is 1.56. The molecule has 2 atom stereocenters. The summed E-state index contributed by atoms with van der Waals surface area (Å²) in [5, 5.41) is 2.84. The van der Waals surface area contributed by atoms with E-state index in [9.17, 15) is 4.79 Å². The first-order valence-corrected chi connectivity index (χ1v) is 7.36. The molecule has 0 saturated heterocycles. The van der Waals surface area contributed by atoms with Gasteiger partial charge in [-0.25, -0.2) is 4.98 Å². The zero-order chi connectivity index (χ0) is 16.2. The maximum Gasteiger partial charge on any atom is 0.265 e. The third-order valence-electron chi connectivity index (χ3n) is 3.57. The van der Waals surface area contributed by atoms with Gasteiger partial charge in [0.25, 0.3) is 5.91 Å². The van der Waals surface area contributed by atoms with Gasteiger partial charge in [0.2, 0.25) is 12.0 Å². The van der Waals surface area contributed by atoms with Crippen LogP contribution in [0.2, 0.25) is 0 Å². The normalized spacial score (nSPS) is 19.0. The molecule has 1 aliphatic rings. The van der Waals surface area contributed by atoms with Crippen LogP contribution in [-0.4, -0.2) is 30.2 Å². The van der Waals surface area contributed by atoms with Gasteiger partial charge in [-0.2, -0.15) is 0 Å². The van der Waals surface area contributed by atoms with Crippen LogP contribution < -0.4 is 19.5 Å². The molecule has 2 heterocycles. The van der Waals surface area contributed by atoms with Crippen molar-refractivity contribution in [1.82, 2.24) is 10.3 Å². The summed E-state index contributed by atoms with van der Waals surface area (Å²) in [6, 6.07) is 10.9. The number of amides is 1. The van der Waals surface area contributed by atoms with Crippen molar-refractivity contribution in [3.8, 4) is 17.4 Å². The van der Waals surface area contributed by atoms with Gasteiger partial charge in [0.1, 0.15) is 6.10 Å². The van der Waals surface area contributed by atoms with Crippen molar-refractivity contribution in [3.05, 3.63) is 48.2 Å². The number of hydrogen-bond donors (Lipinski definition) is 1. The highest BCUT2D eigenvalue weighted by molar-refractivity contribution is 5.82. The first-order valence-electron chi connectivity index (χ1n) is 7.36. The van der Waals surface area contributed by atoms with E-state index in [0.717, 1.165) is 5.56 Å². The molecule has 0 fully saturated rings. The van der Waals surface area contributed by atoms with Crippen LogP contribution in [0.1, 0.15) is 12.5 Å². The highest BCUT2D eigenvalue weighted by Crippen LogP contribution is 2.33. The Hall–Kier alpha value is -2.76. The lowest BCUT2D eigenvalue weighted by atomic mass is 10.1. The van der Waals surface area contributed by atoms with Crippen molar-refractivity contribution < 1.29 is 19.0 Å². The second kappa shape index (κ2) is 6.56. The monoisotopic (exact) mass is 314 g/mol. The average Bonchev–Trinajstić information content (AvgIpc) is 2.59. The van der Waals surface area contributed by atoms with Gasteiger partial charge in [0.15, 0.2) is 11.5 Å². The minimum Gasteiger partial charge on any atom is -0.482 e. The minimum absolute atomic E-state index is 0.220. The van der Waals surface area contributed by atoms with Crippen LogP contribution in [0.5, 0.6) is 17.4 Å². The molecule has 1 aromatic carbocycles. The molecular weight excluding hydrogens is 296 g/mol. The number of rotatable bonds is 4. The fraction of sp³-hybridized carbons (Fsp3) is 0.294. The van der Waals surface area contributed by atoms with E-state index in [1.165, 1.54) is 0 Å². The van der Waals surface area contributed by atoms with E-state index in [0.29, 0.717) is 23.9 Å². The van der Waals surface area contributed by atoms with E-state index < -0.39 is 6.10 Å². The van der Waals surface area contributed by atoms with E-state index in [1.807, 2.05) is 31.2 Å². The predicted molar refractivity (Wildman–Crippen MR) is 83.6 cm³/mol. The smallest absolute Gasteiger partial charge is 0.265 e. The molecule has 1 aliphatic heterocycles. The Morgan fingerprint density at radius 3 is 2.61 bits per heavy atom. The molecule has 1 N–H and O–H groups in total. The topological polar surface area (TPSA) is 69.7 Å². The molecule has 0 saturated carbocycles. The molecule has 2 aromatic rings. The number of benzene rings is 1.